The Bertz CT molecular complexity index is 1920. The summed E-state index contributed by atoms with van der Waals surface area (Å²) in [5.41, 5.74) is 0. The highest BCUT2D eigenvalue weighted by Gasteiger charge is 2.54. The Labute approximate surface area is 613 Å². The van der Waals surface area contributed by atoms with Crippen molar-refractivity contribution in [2.24, 2.45) is 0 Å². The number of allylic oxidation sites excluding steroid dienone is 3. The minimum Gasteiger partial charge on any atom is -0.394 e. The Morgan fingerprint density at radius 1 is 0.347 bits per heavy atom. The van der Waals surface area contributed by atoms with Crippen molar-refractivity contribution >= 4 is 5.91 Å². The SMILES string of the molecule is CCCCCCCCCCCCCCCCCCC/C=C/CC/C=C/C(O)C(COC1OC(CO)C(OC2OC(CO)C(OC3OC(CO)C(O)C(O)C3O)C(O)C2O)C(O)C1O)NC(=O)CCCCCCCCCCCCCCCCCCCCCCCCCCCCCCCCCCC. The lowest BCUT2D eigenvalue weighted by molar-refractivity contribution is -0.379. The van der Waals surface area contributed by atoms with Crippen molar-refractivity contribution in [1.82, 2.24) is 5.32 Å². The summed E-state index contributed by atoms with van der Waals surface area (Å²) in [6.07, 6.45) is 50.5. The Kier molecular flexibility index (Phi) is 58.5. The Hall–Kier alpha value is -1.73. The number of carbonyl (C=O) groups excluding carboxylic acids is 1. The van der Waals surface area contributed by atoms with Crippen molar-refractivity contribution in [3.05, 3.63) is 24.3 Å². The van der Waals surface area contributed by atoms with Gasteiger partial charge >= 0.3 is 0 Å². The number of rotatable bonds is 68. The smallest absolute Gasteiger partial charge is 0.220 e. The van der Waals surface area contributed by atoms with E-state index < -0.39 is 124 Å². The average Bonchev–Trinajstić information content (AvgIpc) is 0.797. The molecule has 19 nitrogen and oxygen atoms in total. The fourth-order valence-corrected chi connectivity index (χ4v) is 14.5. The molecule has 3 fully saturated rings. The quantitative estimate of drug-likeness (QED) is 0.0199. The summed E-state index contributed by atoms with van der Waals surface area (Å²) in [6, 6.07) is -0.988. The fraction of sp³-hybridized carbons (Fsp3) is 0.939. The van der Waals surface area contributed by atoms with Crippen LogP contribution in [0.25, 0.3) is 0 Å². The predicted molar refractivity (Wildman–Crippen MR) is 402 cm³/mol. The van der Waals surface area contributed by atoms with Gasteiger partial charge in [-0.05, 0) is 32.1 Å². The van der Waals surface area contributed by atoms with Crippen LogP contribution in [0.3, 0.4) is 0 Å². The molecule has 0 spiro atoms. The van der Waals surface area contributed by atoms with Gasteiger partial charge in [0.2, 0.25) is 5.91 Å². The van der Waals surface area contributed by atoms with E-state index in [4.69, 9.17) is 28.4 Å². The van der Waals surface area contributed by atoms with Gasteiger partial charge in [0, 0.05) is 6.42 Å². The normalized spacial score (nSPS) is 26.4. The summed E-state index contributed by atoms with van der Waals surface area (Å²) in [6.45, 7) is 1.78. The van der Waals surface area contributed by atoms with E-state index in [2.05, 4.69) is 31.3 Å². The molecule has 3 aliphatic rings. The van der Waals surface area contributed by atoms with E-state index in [1.54, 1.807) is 6.08 Å². The van der Waals surface area contributed by atoms with Crippen molar-refractivity contribution in [3.63, 3.8) is 0 Å². The summed E-state index contributed by atoms with van der Waals surface area (Å²) in [7, 11) is 0. The summed E-state index contributed by atoms with van der Waals surface area (Å²) < 4.78 is 34.5. The summed E-state index contributed by atoms with van der Waals surface area (Å²) >= 11 is 0. The van der Waals surface area contributed by atoms with E-state index in [1.807, 2.05) is 6.08 Å². The Morgan fingerprint density at radius 2 is 0.634 bits per heavy atom. The number of ether oxygens (including phenoxy) is 6. The molecule has 1 amide bonds. The van der Waals surface area contributed by atoms with Gasteiger partial charge < -0.3 is 89.9 Å². The first-order valence-electron chi connectivity index (χ1n) is 42.1. The maximum Gasteiger partial charge on any atom is 0.220 e. The zero-order chi connectivity index (χ0) is 73.2. The second-order valence-corrected chi connectivity index (χ2v) is 30.3. The highest BCUT2D eigenvalue weighted by Crippen LogP contribution is 2.33. The van der Waals surface area contributed by atoms with Gasteiger partial charge in [-0.15, -0.1) is 0 Å². The lowest BCUT2D eigenvalue weighted by atomic mass is 9.96. The maximum atomic E-state index is 13.5. The van der Waals surface area contributed by atoms with Gasteiger partial charge in [-0.25, -0.2) is 0 Å². The average molecular weight is 1440 g/mol. The molecule has 0 aromatic rings. The first kappa shape index (κ1) is 93.5. The van der Waals surface area contributed by atoms with Gasteiger partial charge in [0.05, 0.1) is 38.6 Å². The maximum absolute atomic E-state index is 13.5. The fourth-order valence-electron chi connectivity index (χ4n) is 14.5. The van der Waals surface area contributed by atoms with Crippen LogP contribution in [0.15, 0.2) is 24.3 Å². The lowest BCUT2D eigenvalue weighted by Gasteiger charge is -2.48. The van der Waals surface area contributed by atoms with Crippen LogP contribution in [0.2, 0.25) is 0 Å². The molecule has 0 aromatic heterocycles. The third kappa shape index (κ3) is 43.2. The molecule has 3 saturated heterocycles. The second kappa shape index (κ2) is 63.2. The molecule has 0 aromatic carbocycles. The highest BCUT2D eigenvalue weighted by atomic mass is 16.8. The van der Waals surface area contributed by atoms with Gasteiger partial charge in [0.15, 0.2) is 18.9 Å². The van der Waals surface area contributed by atoms with Gasteiger partial charge in [0.25, 0.3) is 0 Å². The van der Waals surface area contributed by atoms with Gasteiger partial charge in [-0.2, -0.15) is 0 Å². The monoisotopic (exact) mass is 1440 g/mol. The number of unbranched alkanes of at least 4 members (excludes halogenated alkanes) is 50. The lowest BCUT2D eigenvalue weighted by Crippen LogP contribution is -2.66. The highest BCUT2D eigenvalue weighted by molar-refractivity contribution is 5.76. The van der Waals surface area contributed by atoms with Crippen LogP contribution in [0, 0.1) is 0 Å². The van der Waals surface area contributed by atoms with E-state index in [9.17, 15) is 61.0 Å². The van der Waals surface area contributed by atoms with E-state index in [0.29, 0.717) is 12.8 Å². The van der Waals surface area contributed by atoms with E-state index in [-0.39, 0.29) is 18.9 Å². The molecule has 19 heteroatoms. The molecule has 3 heterocycles. The van der Waals surface area contributed by atoms with Crippen LogP contribution in [0.5, 0.6) is 0 Å². The number of aliphatic hydroxyl groups excluding tert-OH is 11. The van der Waals surface area contributed by atoms with Gasteiger partial charge in [-0.1, -0.05) is 346 Å². The molecule has 0 aliphatic carbocycles. The zero-order valence-electron chi connectivity index (χ0n) is 63.9. The first-order chi connectivity index (χ1) is 49.3. The van der Waals surface area contributed by atoms with E-state index in [0.717, 1.165) is 38.5 Å². The molecule has 12 N–H and O–H groups in total. The number of nitrogens with one attached hydrogen (secondary N) is 1. The second-order valence-electron chi connectivity index (χ2n) is 30.3. The molecule has 0 bridgehead atoms. The molecule has 101 heavy (non-hydrogen) atoms. The molecule has 3 rings (SSSR count). The van der Waals surface area contributed by atoms with Crippen molar-refractivity contribution in [2.45, 2.75) is 465 Å². The van der Waals surface area contributed by atoms with E-state index in [1.165, 1.54) is 289 Å². The molecular weight excluding hydrogens is 1290 g/mol. The molecular formula is C82H155NO18. The van der Waals surface area contributed by atoms with Gasteiger partial charge in [0.1, 0.15) is 73.2 Å². The molecule has 0 saturated carbocycles. The van der Waals surface area contributed by atoms with Crippen molar-refractivity contribution in [2.75, 3.05) is 26.4 Å². The first-order valence-corrected chi connectivity index (χ1v) is 42.1. The van der Waals surface area contributed by atoms with Gasteiger partial charge in [-0.3, -0.25) is 4.79 Å². The van der Waals surface area contributed by atoms with Crippen LogP contribution in [0.4, 0.5) is 0 Å². The predicted octanol–water partition coefficient (Wildman–Crippen LogP) is 14.5. The number of hydrogen-bond donors (Lipinski definition) is 12. The number of hydrogen-bond acceptors (Lipinski definition) is 18. The zero-order valence-corrected chi connectivity index (χ0v) is 63.9. The van der Waals surface area contributed by atoms with Crippen LogP contribution in [-0.4, -0.2) is 193 Å². The minimum absolute atomic E-state index is 0.241. The van der Waals surface area contributed by atoms with Crippen LogP contribution >= 0.6 is 0 Å². The third-order valence-corrected chi connectivity index (χ3v) is 21.3. The Morgan fingerprint density at radius 3 is 0.990 bits per heavy atom. The summed E-state index contributed by atoms with van der Waals surface area (Å²) in [5.74, 6) is -0.277. The number of aliphatic hydroxyl groups is 11. The molecule has 17 atom stereocenters. The summed E-state index contributed by atoms with van der Waals surface area (Å²) in [4.78, 5) is 13.5. The number of amides is 1. The Balaban J connectivity index is 1.35. The third-order valence-electron chi connectivity index (χ3n) is 21.3. The largest absolute Gasteiger partial charge is 0.394 e. The van der Waals surface area contributed by atoms with Crippen molar-refractivity contribution in [3.8, 4) is 0 Å². The molecule has 0 radical (unpaired) electrons. The molecule has 17 unspecified atom stereocenters. The summed E-state index contributed by atoms with van der Waals surface area (Å²) in [5, 5.41) is 121. The van der Waals surface area contributed by atoms with Crippen LogP contribution < -0.4 is 5.32 Å². The minimum atomic E-state index is -1.98. The topological polar surface area (TPSA) is 307 Å². The molecule has 596 valence electrons. The van der Waals surface area contributed by atoms with Crippen molar-refractivity contribution in [1.29, 1.82) is 0 Å². The number of carbonyl (C=O) groups is 1. The standard InChI is InChI=1S/C82H155NO18/c1-3-5-7-9-11-13-15-17-19-21-23-25-27-28-29-30-31-32-33-34-35-36-38-40-42-44-46-48-50-52-54-56-58-60-70(88)83-65(66(87)59-57-55-53-51-49-47-45-43-41-39-37-26-24-22-20-18-16-14-12-10-8-6-4-2)64-96-80-76(94)73(91)78(68(62-85)98-80)101-82-77(95)74(92)79(69(63-86)99-82)100-81-75(93)72(90)71(89)67(61-84)97-81/h49,51,57,59,65-69,71-82,84-87,89-95H,3-48,50,52-56,58,60-64H2,1-2H3,(H,83,88)/b51-49+,59-57+. The molecule has 3 aliphatic heterocycles. The van der Waals surface area contributed by atoms with E-state index >= 15 is 0 Å². The van der Waals surface area contributed by atoms with Crippen LogP contribution in [0.1, 0.15) is 361 Å². The van der Waals surface area contributed by atoms with Crippen LogP contribution in [-0.2, 0) is 33.2 Å². The van der Waals surface area contributed by atoms with Crippen molar-refractivity contribution < 1.29 is 89.4 Å².